The van der Waals surface area contributed by atoms with Gasteiger partial charge in [0, 0.05) is 12.6 Å². The zero-order valence-electron chi connectivity index (χ0n) is 10.8. The van der Waals surface area contributed by atoms with Crippen molar-refractivity contribution in [2.75, 3.05) is 19.8 Å². The van der Waals surface area contributed by atoms with Crippen molar-refractivity contribution in [3.05, 3.63) is 0 Å². The summed E-state index contributed by atoms with van der Waals surface area (Å²) in [5, 5.41) is 0. The predicted octanol–water partition coefficient (Wildman–Crippen LogP) is 1.86. The molecule has 0 aromatic heterocycles. The summed E-state index contributed by atoms with van der Waals surface area (Å²) >= 11 is 0. The van der Waals surface area contributed by atoms with Crippen LogP contribution in [0.5, 0.6) is 0 Å². The molecule has 2 atom stereocenters. The van der Waals surface area contributed by atoms with Crippen LogP contribution in [0.3, 0.4) is 0 Å². The number of hydrogen-bond acceptors (Lipinski definition) is 4. The van der Waals surface area contributed by atoms with Gasteiger partial charge in [-0.05, 0) is 25.7 Å². The van der Waals surface area contributed by atoms with E-state index < -0.39 is 0 Å². The zero-order valence-corrected chi connectivity index (χ0v) is 10.8. The molecule has 0 aromatic carbocycles. The molecule has 0 bridgehead atoms. The van der Waals surface area contributed by atoms with E-state index in [9.17, 15) is 4.79 Å². The van der Waals surface area contributed by atoms with Crippen LogP contribution in [-0.2, 0) is 14.3 Å². The van der Waals surface area contributed by atoms with Crippen molar-refractivity contribution in [2.45, 2.75) is 51.5 Å². The summed E-state index contributed by atoms with van der Waals surface area (Å²) in [5.74, 6) is -0.0892. The Morgan fingerprint density at radius 2 is 2.12 bits per heavy atom. The van der Waals surface area contributed by atoms with Gasteiger partial charge in [0.1, 0.15) is 6.61 Å². The molecule has 1 aliphatic rings. The molecule has 0 amide bonds. The third kappa shape index (κ3) is 6.03. The third-order valence-corrected chi connectivity index (χ3v) is 3.16. The van der Waals surface area contributed by atoms with Crippen LogP contribution in [0.4, 0.5) is 0 Å². The van der Waals surface area contributed by atoms with Crippen LogP contribution in [0.2, 0.25) is 0 Å². The minimum Gasteiger partial charge on any atom is -0.463 e. The van der Waals surface area contributed by atoms with Gasteiger partial charge in [0.05, 0.1) is 12.5 Å². The molecule has 4 heteroatoms. The second-order valence-corrected chi connectivity index (χ2v) is 4.76. The molecule has 0 aliphatic heterocycles. The van der Waals surface area contributed by atoms with Crippen molar-refractivity contribution in [1.29, 1.82) is 0 Å². The Hall–Kier alpha value is -0.610. The van der Waals surface area contributed by atoms with E-state index >= 15 is 0 Å². The Labute approximate surface area is 104 Å². The molecular formula is C13H25NO3. The van der Waals surface area contributed by atoms with E-state index in [2.05, 4.69) is 6.92 Å². The Bertz CT molecular complexity index is 221. The lowest BCUT2D eigenvalue weighted by Gasteiger charge is -2.24. The number of hydrogen-bond donors (Lipinski definition) is 1. The first-order valence-electron chi connectivity index (χ1n) is 6.74. The minimum atomic E-state index is -0.0979. The van der Waals surface area contributed by atoms with E-state index in [4.69, 9.17) is 15.2 Å². The Balaban J connectivity index is 2.04. The van der Waals surface area contributed by atoms with Crippen LogP contribution >= 0.6 is 0 Å². The van der Waals surface area contributed by atoms with Crippen molar-refractivity contribution < 1.29 is 14.3 Å². The molecule has 0 saturated heterocycles. The minimum absolute atomic E-state index is 0.00870. The van der Waals surface area contributed by atoms with E-state index in [-0.39, 0.29) is 17.9 Å². The first kappa shape index (κ1) is 14.5. The molecule has 1 rings (SSSR count). The summed E-state index contributed by atoms with van der Waals surface area (Å²) < 4.78 is 10.5. The molecule has 1 saturated carbocycles. The standard InChI is InChI=1S/C13H25NO3/c1-2-3-7-16-8-9-17-13(15)11-5-4-6-12(14)10-11/h11-12H,2-10,14H2,1H3. The second-order valence-electron chi connectivity index (χ2n) is 4.76. The topological polar surface area (TPSA) is 61.5 Å². The lowest BCUT2D eigenvalue weighted by molar-refractivity contribution is -0.151. The number of unbranched alkanes of at least 4 members (excludes halogenated alkanes) is 1. The second kappa shape index (κ2) is 8.48. The molecular weight excluding hydrogens is 218 g/mol. The van der Waals surface area contributed by atoms with Crippen LogP contribution in [-0.4, -0.2) is 31.8 Å². The van der Waals surface area contributed by atoms with Gasteiger partial charge in [0.25, 0.3) is 0 Å². The highest BCUT2D eigenvalue weighted by Gasteiger charge is 2.26. The van der Waals surface area contributed by atoms with Crippen LogP contribution in [0.1, 0.15) is 45.4 Å². The van der Waals surface area contributed by atoms with E-state index in [0.29, 0.717) is 13.2 Å². The van der Waals surface area contributed by atoms with E-state index in [1.807, 2.05) is 0 Å². The van der Waals surface area contributed by atoms with Crippen molar-refractivity contribution >= 4 is 5.97 Å². The van der Waals surface area contributed by atoms with Gasteiger partial charge < -0.3 is 15.2 Å². The predicted molar refractivity (Wildman–Crippen MR) is 66.6 cm³/mol. The van der Waals surface area contributed by atoms with Gasteiger partial charge in [-0.3, -0.25) is 4.79 Å². The first-order chi connectivity index (χ1) is 8.24. The highest BCUT2D eigenvalue weighted by molar-refractivity contribution is 5.72. The Kier molecular flexibility index (Phi) is 7.21. The molecule has 100 valence electrons. The fraction of sp³-hybridized carbons (Fsp3) is 0.923. The van der Waals surface area contributed by atoms with Gasteiger partial charge in [-0.1, -0.05) is 19.8 Å². The van der Waals surface area contributed by atoms with Crippen LogP contribution in [0.25, 0.3) is 0 Å². The number of carbonyl (C=O) groups excluding carboxylic acids is 1. The normalized spacial score (nSPS) is 24.6. The highest BCUT2D eigenvalue weighted by Crippen LogP contribution is 2.23. The van der Waals surface area contributed by atoms with Crippen molar-refractivity contribution in [3.8, 4) is 0 Å². The van der Waals surface area contributed by atoms with Gasteiger partial charge in [0.15, 0.2) is 0 Å². The van der Waals surface area contributed by atoms with Crippen LogP contribution in [0, 0.1) is 5.92 Å². The summed E-state index contributed by atoms with van der Waals surface area (Å²) in [4.78, 5) is 11.7. The maximum Gasteiger partial charge on any atom is 0.309 e. The highest BCUT2D eigenvalue weighted by atomic mass is 16.6. The van der Waals surface area contributed by atoms with E-state index in [0.717, 1.165) is 45.1 Å². The van der Waals surface area contributed by atoms with Gasteiger partial charge >= 0.3 is 5.97 Å². The average molecular weight is 243 g/mol. The quantitative estimate of drug-likeness (QED) is 0.547. The van der Waals surface area contributed by atoms with Gasteiger partial charge in [0.2, 0.25) is 0 Å². The fourth-order valence-corrected chi connectivity index (χ4v) is 2.11. The molecule has 0 spiro atoms. The molecule has 2 unspecified atom stereocenters. The molecule has 0 aromatic rings. The molecule has 1 aliphatic carbocycles. The molecule has 1 fully saturated rings. The Morgan fingerprint density at radius 1 is 1.29 bits per heavy atom. The number of carbonyl (C=O) groups is 1. The van der Waals surface area contributed by atoms with Crippen molar-refractivity contribution in [3.63, 3.8) is 0 Å². The summed E-state index contributed by atoms with van der Waals surface area (Å²) in [5.41, 5.74) is 5.84. The van der Waals surface area contributed by atoms with Gasteiger partial charge in [-0.2, -0.15) is 0 Å². The number of esters is 1. The summed E-state index contributed by atoms with van der Waals surface area (Å²) in [6, 6.07) is 0.169. The average Bonchev–Trinajstić information content (AvgIpc) is 2.33. The van der Waals surface area contributed by atoms with Crippen molar-refractivity contribution in [2.24, 2.45) is 11.7 Å². The lowest BCUT2D eigenvalue weighted by Crippen LogP contribution is -2.32. The number of nitrogens with two attached hydrogens (primary N) is 1. The first-order valence-corrected chi connectivity index (χ1v) is 6.74. The summed E-state index contributed by atoms with van der Waals surface area (Å²) in [6.07, 6.45) is 5.95. The lowest BCUT2D eigenvalue weighted by atomic mass is 9.86. The largest absolute Gasteiger partial charge is 0.463 e. The van der Waals surface area contributed by atoms with Crippen molar-refractivity contribution in [1.82, 2.24) is 0 Å². The van der Waals surface area contributed by atoms with Gasteiger partial charge in [-0.15, -0.1) is 0 Å². The number of ether oxygens (including phenoxy) is 2. The summed E-state index contributed by atoms with van der Waals surface area (Å²) in [7, 11) is 0. The van der Waals surface area contributed by atoms with E-state index in [1.54, 1.807) is 0 Å². The molecule has 17 heavy (non-hydrogen) atoms. The van der Waals surface area contributed by atoms with Crippen LogP contribution in [0.15, 0.2) is 0 Å². The monoisotopic (exact) mass is 243 g/mol. The Morgan fingerprint density at radius 3 is 2.82 bits per heavy atom. The molecule has 2 N–H and O–H groups in total. The zero-order chi connectivity index (χ0) is 12.5. The van der Waals surface area contributed by atoms with Crippen LogP contribution < -0.4 is 5.73 Å². The summed E-state index contributed by atoms with van der Waals surface area (Å²) in [6.45, 7) is 3.75. The molecule has 4 nitrogen and oxygen atoms in total. The smallest absolute Gasteiger partial charge is 0.309 e. The number of rotatable bonds is 7. The fourth-order valence-electron chi connectivity index (χ4n) is 2.11. The van der Waals surface area contributed by atoms with Gasteiger partial charge in [-0.25, -0.2) is 0 Å². The van der Waals surface area contributed by atoms with E-state index in [1.165, 1.54) is 0 Å². The SMILES string of the molecule is CCCCOCCOC(=O)C1CCCC(N)C1. The third-order valence-electron chi connectivity index (χ3n) is 3.16. The maximum absolute atomic E-state index is 11.7. The maximum atomic E-state index is 11.7. The molecule has 0 radical (unpaired) electrons. The molecule has 0 heterocycles.